The quantitative estimate of drug-likeness (QED) is 0.691. The first-order chi connectivity index (χ1) is 7.66. The minimum absolute atomic E-state index is 0.0782. The maximum atomic E-state index is 13.3. The molecular weight excluding hydrogens is 203 g/mol. The van der Waals surface area contributed by atoms with Crippen LogP contribution in [0.25, 0.3) is 0 Å². The van der Waals surface area contributed by atoms with E-state index in [0.717, 1.165) is 24.0 Å². The molecule has 86 valence electrons. The largest absolute Gasteiger partial charge is 0.295 e. The minimum Gasteiger partial charge on any atom is -0.295 e. The predicted octanol–water partition coefficient (Wildman–Crippen LogP) is 3.88. The van der Waals surface area contributed by atoms with Crippen molar-refractivity contribution in [1.29, 1.82) is 0 Å². The van der Waals surface area contributed by atoms with Gasteiger partial charge in [-0.15, -0.1) is 0 Å². The number of hydrogen-bond acceptors (Lipinski definition) is 1. The van der Waals surface area contributed by atoms with Crippen molar-refractivity contribution >= 4 is 5.78 Å². The van der Waals surface area contributed by atoms with Gasteiger partial charge in [-0.1, -0.05) is 18.2 Å². The summed E-state index contributed by atoms with van der Waals surface area (Å²) < 4.78 is 13.3. The average molecular weight is 220 g/mol. The summed E-state index contributed by atoms with van der Waals surface area (Å²) in [7, 11) is 0. The zero-order valence-electron chi connectivity index (χ0n) is 9.58. The number of ketones is 1. The van der Waals surface area contributed by atoms with Crippen LogP contribution in [0, 0.1) is 0 Å². The van der Waals surface area contributed by atoms with Gasteiger partial charge in [0.25, 0.3) is 0 Å². The number of rotatable bonds is 2. The van der Waals surface area contributed by atoms with Crippen molar-refractivity contribution in [2.24, 2.45) is 0 Å². The molecule has 0 spiro atoms. The van der Waals surface area contributed by atoms with Crippen molar-refractivity contribution in [3.05, 3.63) is 35.4 Å². The molecule has 1 aliphatic rings. The zero-order chi connectivity index (χ0) is 11.5. The minimum atomic E-state index is -0.667. The van der Waals surface area contributed by atoms with Crippen LogP contribution in [-0.4, -0.2) is 12.0 Å². The van der Waals surface area contributed by atoms with Crippen molar-refractivity contribution < 1.29 is 9.18 Å². The lowest BCUT2D eigenvalue weighted by Crippen LogP contribution is -2.15. The number of carbonyl (C=O) groups is 1. The molecule has 0 amide bonds. The highest BCUT2D eigenvalue weighted by Gasteiger charge is 2.22. The van der Waals surface area contributed by atoms with Crippen LogP contribution >= 0.6 is 0 Å². The molecule has 1 aliphatic carbocycles. The molecule has 2 unspecified atom stereocenters. The van der Waals surface area contributed by atoms with E-state index in [0.29, 0.717) is 18.8 Å². The molecule has 0 bridgehead atoms. The van der Waals surface area contributed by atoms with Crippen molar-refractivity contribution in [3.63, 3.8) is 0 Å². The Morgan fingerprint density at radius 2 is 2.19 bits per heavy atom. The second kappa shape index (κ2) is 4.77. The Balaban J connectivity index is 2.19. The Hall–Kier alpha value is -1.18. The first kappa shape index (κ1) is 11.3. The maximum absolute atomic E-state index is 13.3. The average Bonchev–Trinajstić information content (AvgIpc) is 2.29. The number of carbonyl (C=O) groups excluding carboxylic acids is 1. The molecule has 1 fully saturated rings. The zero-order valence-corrected chi connectivity index (χ0v) is 9.58. The molecule has 0 aromatic heterocycles. The maximum Gasteiger partial charge on any atom is 0.159 e. The van der Waals surface area contributed by atoms with E-state index in [2.05, 4.69) is 0 Å². The highest BCUT2D eigenvalue weighted by Crippen LogP contribution is 2.34. The molecule has 0 aliphatic heterocycles. The highest BCUT2D eigenvalue weighted by molar-refractivity contribution is 5.94. The summed E-state index contributed by atoms with van der Waals surface area (Å²) in [5, 5.41) is 0. The van der Waals surface area contributed by atoms with Crippen LogP contribution in [0.4, 0.5) is 4.39 Å². The Morgan fingerprint density at radius 3 is 2.88 bits per heavy atom. The summed E-state index contributed by atoms with van der Waals surface area (Å²) in [6.45, 7) is 1.57. The van der Waals surface area contributed by atoms with E-state index in [-0.39, 0.29) is 5.78 Å². The highest BCUT2D eigenvalue weighted by atomic mass is 19.1. The second-order valence-corrected chi connectivity index (χ2v) is 4.64. The smallest absolute Gasteiger partial charge is 0.159 e. The molecule has 2 heteroatoms. The fourth-order valence-electron chi connectivity index (χ4n) is 2.44. The Labute approximate surface area is 95.7 Å². The van der Waals surface area contributed by atoms with Gasteiger partial charge in [0.1, 0.15) is 6.17 Å². The van der Waals surface area contributed by atoms with Gasteiger partial charge in [0.2, 0.25) is 0 Å². The van der Waals surface area contributed by atoms with Crippen LogP contribution < -0.4 is 0 Å². The van der Waals surface area contributed by atoms with E-state index < -0.39 is 6.17 Å². The van der Waals surface area contributed by atoms with Crippen LogP contribution in [0.3, 0.4) is 0 Å². The van der Waals surface area contributed by atoms with Crippen molar-refractivity contribution in [2.45, 2.75) is 44.7 Å². The monoisotopic (exact) mass is 220 g/mol. The van der Waals surface area contributed by atoms with E-state index in [1.54, 1.807) is 6.92 Å². The number of halogens is 1. The van der Waals surface area contributed by atoms with Gasteiger partial charge in [-0.3, -0.25) is 4.79 Å². The Bertz CT molecular complexity index is 386. The van der Waals surface area contributed by atoms with E-state index in [1.165, 1.54) is 0 Å². The summed E-state index contributed by atoms with van der Waals surface area (Å²) in [5.41, 5.74) is 1.86. The molecule has 2 atom stereocenters. The molecular formula is C14H17FO. The lowest BCUT2D eigenvalue weighted by Gasteiger charge is -2.25. The summed E-state index contributed by atoms with van der Waals surface area (Å²) in [5.74, 6) is 0.373. The lowest BCUT2D eigenvalue weighted by molar-refractivity contribution is 0.101. The number of Topliss-reactive ketones (excluding diaryl/α,β-unsaturated/α-hetero) is 1. The Kier molecular flexibility index (Phi) is 3.37. The summed E-state index contributed by atoms with van der Waals surface area (Å²) in [6.07, 6.45) is 2.64. The summed E-state index contributed by atoms with van der Waals surface area (Å²) in [4.78, 5) is 11.3. The molecule has 0 saturated heterocycles. The van der Waals surface area contributed by atoms with Gasteiger partial charge in [0.05, 0.1) is 0 Å². The molecule has 16 heavy (non-hydrogen) atoms. The number of alkyl halides is 1. The fourth-order valence-corrected chi connectivity index (χ4v) is 2.44. The molecule has 0 heterocycles. The van der Waals surface area contributed by atoms with Gasteiger partial charge in [-0.2, -0.15) is 0 Å². The van der Waals surface area contributed by atoms with Gasteiger partial charge in [0, 0.05) is 5.56 Å². The first-order valence-corrected chi connectivity index (χ1v) is 5.92. The Morgan fingerprint density at radius 1 is 1.38 bits per heavy atom. The van der Waals surface area contributed by atoms with Gasteiger partial charge in [-0.25, -0.2) is 4.39 Å². The molecule has 1 aromatic rings. The third-order valence-corrected chi connectivity index (χ3v) is 3.37. The molecule has 0 radical (unpaired) electrons. The second-order valence-electron chi connectivity index (χ2n) is 4.64. The molecule has 2 rings (SSSR count). The van der Waals surface area contributed by atoms with E-state index in [4.69, 9.17) is 0 Å². The van der Waals surface area contributed by atoms with Crippen LogP contribution in [-0.2, 0) is 0 Å². The van der Waals surface area contributed by atoms with E-state index in [9.17, 15) is 9.18 Å². The van der Waals surface area contributed by atoms with Crippen LogP contribution in [0.5, 0.6) is 0 Å². The van der Waals surface area contributed by atoms with Gasteiger partial charge in [0.15, 0.2) is 5.78 Å². The van der Waals surface area contributed by atoms with E-state index >= 15 is 0 Å². The van der Waals surface area contributed by atoms with E-state index in [1.807, 2.05) is 24.3 Å². The number of hydrogen-bond donors (Lipinski definition) is 0. The summed E-state index contributed by atoms with van der Waals surface area (Å²) >= 11 is 0. The SMILES string of the molecule is CC(=O)c1cccc(C2CCCC(F)C2)c1. The van der Waals surface area contributed by atoms with Gasteiger partial charge in [-0.05, 0) is 50.2 Å². The van der Waals surface area contributed by atoms with Crippen molar-refractivity contribution in [3.8, 4) is 0 Å². The third kappa shape index (κ3) is 2.49. The van der Waals surface area contributed by atoms with Crippen LogP contribution in [0.1, 0.15) is 54.4 Å². The topological polar surface area (TPSA) is 17.1 Å². The molecule has 1 nitrogen and oxygen atoms in total. The molecule has 0 N–H and O–H groups in total. The van der Waals surface area contributed by atoms with Gasteiger partial charge < -0.3 is 0 Å². The molecule has 1 aromatic carbocycles. The van der Waals surface area contributed by atoms with Crippen LogP contribution in [0.2, 0.25) is 0 Å². The normalized spacial score (nSPS) is 25.4. The van der Waals surface area contributed by atoms with Crippen LogP contribution in [0.15, 0.2) is 24.3 Å². The first-order valence-electron chi connectivity index (χ1n) is 5.92. The van der Waals surface area contributed by atoms with Crippen molar-refractivity contribution in [2.75, 3.05) is 0 Å². The fraction of sp³-hybridized carbons (Fsp3) is 0.500. The predicted molar refractivity (Wildman–Crippen MR) is 62.6 cm³/mol. The molecule has 1 saturated carbocycles. The summed E-state index contributed by atoms with van der Waals surface area (Å²) in [6, 6.07) is 7.65. The number of benzene rings is 1. The lowest BCUT2D eigenvalue weighted by atomic mass is 9.82. The van der Waals surface area contributed by atoms with Gasteiger partial charge >= 0.3 is 0 Å². The third-order valence-electron chi connectivity index (χ3n) is 3.37. The standard InChI is InChI=1S/C14H17FO/c1-10(16)11-4-2-5-12(8-11)13-6-3-7-14(15)9-13/h2,4-5,8,13-14H,3,6-7,9H2,1H3. The van der Waals surface area contributed by atoms with Crippen molar-refractivity contribution in [1.82, 2.24) is 0 Å².